The van der Waals surface area contributed by atoms with Crippen LogP contribution in [-0.2, 0) is 57.4 Å². The number of hydrogen-bond donors (Lipinski definition) is 11. The first-order valence-electron chi connectivity index (χ1n) is 26.8. The number of methoxy groups -OCH3 is 3. The molecule has 9 atom stereocenters. The second-order valence-corrected chi connectivity index (χ2v) is 27.3. The molecule has 4 amide bonds. The van der Waals surface area contributed by atoms with E-state index in [9.17, 15) is 43.2 Å². The highest BCUT2D eigenvalue weighted by Gasteiger charge is 2.23. The van der Waals surface area contributed by atoms with Crippen LogP contribution >= 0.6 is 90.0 Å². The molecular weight excluding hydrogens is 1180 g/mol. The summed E-state index contributed by atoms with van der Waals surface area (Å²) in [6, 6.07) is -3.46. The zero-order valence-corrected chi connectivity index (χ0v) is 53.6. The Morgan fingerprint density at radius 1 is 0.544 bits per heavy atom. The van der Waals surface area contributed by atoms with Crippen molar-refractivity contribution in [2.75, 3.05) is 56.6 Å². The summed E-state index contributed by atoms with van der Waals surface area (Å²) >= 11 is 7.91. The van der Waals surface area contributed by atoms with Crippen LogP contribution in [0.25, 0.3) is 0 Å². The summed E-state index contributed by atoms with van der Waals surface area (Å²) in [7, 11) is 15.7. The molecule has 460 valence electrons. The fourth-order valence-electron chi connectivity index (χ4n) is 6.84. The van der Waals surface area contributed by atoms with E-state index in [0.29, 0.717) is 55.9 Å². The van der Waals surface area contributed by atoms with Gasteiger partial charge in [0, 0.05) is 76.4 Å². The van der Waals surface area contributed by atoms with Gasteiger partial charge < -0.3 is 62.9 Å². The molecule has 3 rings (SSSR count). The summed E-state index contributed by atoms with van der Waals surface area (Å²) < 4.78 is 13.3. The van der Waals surface area contributed by atoms with Crippen molar-refractivity contribution < 1.29 is 67.6 Å². The SMILES string of the molecule is CCC(N)C(=O)OC.CCC(NC(=O)CCCCC1CCSS1)C(=O)O.CCC(NC(=O)CCCCC1CCSS1)C(=O)OC.COC(=O)C(N)CS.NC(CCNC(=O)C(CS)NC(=O)CCCCC1CCSS1)CC(=O)O. The Morgan fingerprint density at radius 2 is 0.937 bits per heavy atom. The van der Waals surface area contributed by atoms with Gasteiger partial charge in [0.1, 0.15) is 30.2 Å². The summed E-state index contributed by atoms with van der Waals surface area (Å²) in [6.07, 6.45) is 16.2. The largest absolute Gasteiger partial charge is 0.481 e. The van der Waals surface area contributed by atoms with Gasteiger partial charge in [-0.3, -0.25) is 33.6 Å². The zero-order valence-electron chi connectivity index (χ0n) is 47.0. The summed E-state index contributed by atoms with van der Waals surface area (Å²) in [6.45, 7) is 5.72. The molecule has 0 bridgehead atoms. The minimum absolute atomic E-state index is 0.0503. The van der Waals surface area contributed by atoms with Crippen LogP contribution in [0, 0.1) is 0 Å². The highest BCUT2D eigenvalue weighted by Crippen LogP contribution is 2.41. The first kappa shape index (κ1) is 79.0. The molecule has 0 radical (unpaired) electrons. The number of nitrogens with two attached hydrogens (primary N) is 3. The van der Waals surface area contributed by atoms with Gasteiger partial charge in [0.05, 0.1) is 27.8 Å². The van der Waals surface area contributed by atoms with E-state index in [1.165, 1.54) is 70.7 Å². The van der Waals surface area contributed by atoms with Crippen molar-refractivity contribution in [1.82, 2.24) is 21.3 Å². The zero-order chi connectivity index (χ0) is 60.0. The van der Waals surface area contributed by atoms with Crippen LogP contribution in [-0.4, -0.2) is 172 Å². The minimum atomic E-state index is -0.963. The van der Waals surface area contributed by atoms with Crippen molar-refractivity contribution in [3.05, 3.63) is 0 Å². The van der Waals surface area contributed by atoms with E-state index in [4.69, 9.17) is 27.4 Å². The first-order chi connectivity index (χ1) is 37.7. The average molecular weight is 1270 g/mol. The number of aliphatic carboxylic acids is 2. The maximum Gasteiger partial charge on any atom is 0.328 e. The Morgan fingerprint density at radius 3 is 1.23 bits per heavy atom. The van der Waals surface area contributed by atoms with Crippen LogP contribution in [0.1, 0.15) is 149 Å². The lowest BCUT2D eigenvalue weighted by Crippen LogP contribution is -2.48. The maximum absolute atomic E-state index is 12.1. The molecule has 79 heavy (non-hydrogen) atoms. The van der Waals surface area contributed by atoms with Gasteiger partial charge in [-0.2, -0.15) is 25.3 Å². The average Bonchev–Trinajstić information content (AvgIpc) is 4.28. The van der Waals surface area contributed by atoms with Crippen LogP contribution in [0.5, 0.6) is 0 Å². The van der Waals surface area contributed by atoms with E-state index in [-0.39, 0.29) is 54.3 Å². The molecule has 0 aliphatic carbocycles. The third-order valence-electron chi connectivity index (χ3n) is 11.7. The number of unbranched alkanes of at least 4 members (excludes halogenated alkanes) is 3. The molecule has 0 aromatic rings. The van der Waals surface area contributed by atoms with E-state index in [2.05, 4.69) is 60.7 Å². The Balaban J connectivity index is 0. The van der Waals surface area contributed by atoms with Crippen molar-refractivity contribution in [1.29, 1.82) is 0 Å². The Labute approximate surface area is 503 Å². The molecule has 0 spiro atoms. The van der Waals surface area contributed by atoms with Gasteiger partial charge in [-0.05, 0) is 83.5 Å². The van der Waals surface area contributed by atoms with Gasteiger partial charge in [-0.25, -0.2) is 9.59 Å². The van der Waals surface area contributed by atoms with Gasteiger partial charge in [0.2, 0.25) is 23.6 Å². The molecule has 9 unspecified atom stereocenters. The molecular formula is C50H93N7O14S8. The van der Waals surface area contributed by atoms with Crippen LogP contribution in [0.4, 0.5) is 0 Å². The number of rotatable bonds is 33. The van der Waals surface area contributed by atoms with E-state index < -0.39 is 54.2 Å². The quantitative estimate of drug-likeness (QED) is 0.0115. The number of hydrogen-bond acceptors (Lipinski definition) is 23. The lowest BCUT2D eigenvalue weighted by molar-refractivity contribution is -0.145. The second kappa shape index (κ2) is 51.5. The van der Waals surface area contributed by atoms with E-state index in [1.54, 1.807) is 6.92 Å². The van der Waals surface area contributed by atoms with E-state index in [0.717, 1.165) is 55.4 Å². The van der Waals surface area contributed by atoms with E-state index in [1.807, 2.05) is 78.6 Å². The summed E-state index contributed by atoms with van der Waals surface area (Å²) in [5.41, 5.74) is 16.1. The number of nitrogens with one attached hydrogen (secondary N) is 4. The molecule has 0 aromatic carbocycles. The smallest absolute Gasteiger partial charge is 0.328 e. The van der Waals surface area contributed by atoms with Crippen LogP contribution in [0.2, 0.25) is 0 Å². The molecule has 12 N–H and O–H groups in total. The molecule has 3 aliphatic heterocycles. The fourth-order valence-corrected chi connectivity index (χ4v) is 16.3. The third-order valence-corrected chi connectivity index (χ3v) is 21.5. The lowest BCUT2D eigenvalue weighted by Gasteiger charge is -2.17. The minimum Gasteiger partial charge on any atom is -0.481 e. The van der Waals surface area contributed by atoms with Gasteiger partial charge in [-0.15, -0.1) is 0 Å². The molecule has 21 nitrogen and oxygen atoms in total. The Kier molecular flexibility index (Phi) is 51.5. The molecule has 29 heteroatoms. The van der Waals surface area contributed by atoms with Crippen molar-refractivity contribution in [2.24, 2.45) is 17.2 Å². The molecule has 0 aromatic heterocycles. The highest BCUT2D eigenvalue weighted by molar-refractivity contribution is 8.78. The van der Waals surface area contributed by atoms with Crippen LogP contribution < -0.4 is 38.5 Å². The first-order valence-corrected chi connectivity index (χ1v) is 35.2. The Bertz CT molecular complexity index is 1700. The number of ether oxygens (including phenoxy) is 3. The summed E-state index contributed by atoms with van der Waals surface area (Å²) in [5, 5.41) is 30.3. The normalized spacial score (nSPS) is 18.3. The number of thiol groups is 2. The molecule has 3 aliphatic rings. The molecule has 0 saturated carbocycles. The number of carbonyl (C=O) groups is 9. The standard InChI is InChI=1S/C16H29N3O4S3.C13H23NO3S2.C12H21NO3S2.C5H11NO2.C4H9NO2S/c17-11(9-15(21)22)5-7-18-16(23)13(10-24)19-14(20)4-2-1-3-12-6-8-25-26-12;1-3-11(13(16)17-2)14-12(15)7-5-4-6-10-8-9-18-19-10;1-2-10(12(15)16)13-11(14)6-4-3-5-9-7-8-17-18-9;1-3-4(6)5(7)8-2;1-7-4(6)3(5)2-8/h11-13,24H,1-10,17H2,(H,18,23)(H,19,20)(H,21,22);10-11H,3-9H2,1-2H3,(H,14,15);9-10H,2-8H2,1H3,(H,13,14)(H,15,16);4H,3,6H2,1-2H3;3,8H,2,5H2,1H3. The van der Waals surface area contributed by atoms with Crippen molar-refractivity contribution in [2.45, 2.75) is 201 Å². The molecule has 3 fully saturated rings. The summed E-state index contributed by atoms with van der Waals surface area (Å²) in [5.74, 6) is 0.549. The maximum atomic E-state index is 12.1. The van der Waals surface area contributed by atoms with Crippen molar-refractivity contribution >= 4 is 143 Å². The second-order valence-electron chi connectivity index (χ2n) is 18.2. The van der Waals surface area contributed by atoms with Gasteiger partial charge >= 0.3 is 29.8 Å². The van der Waals surface area contributed by atoms with Gasteiger partial charge in [0.25, 0.3) is 0 Å². The predicted octanol–water partition coefficient (Wildman–Crippen LogP) is 6.18. The van der Waals surface area contributed by atoms with Crippen LogP contribution in [0.3, 0.4) is 0 Å². The fraction of sp³-hybridized carbons (Fsp3) is 0.820. The van der Waals surface area contributed by atoms with Crippen LogP contribution in [0.15, 0.2) is 0 Å². The predicted molar refractivity (Wildman–Crippen MR) is 333 cm³/mol. The van der Waals surface area contributed by atoms with E-state index >= 15 is 0 Å². The van der Waals surface area contributed by atoms with Gasteiger partial charge in [-0.1, -0.05) is 105 Å². The van der Waals surface area contributed by atoms with Crippen molar-refractivity contribution in [3.63, 3.8) is 0 Å². The number of carbonyl (C=O) groups excluding carboxylic acids is 7. The number of carboxylic acids is 2. The van der Waals surface area contributed by atoms with Gasteiger partial charge in [0.15, 0.2) is 0 Å². The lowest BCUT2D eigenvalue weighted by atomic mass is 10.1. The molecule has 3 heterocycles. The number of carboxylic acid groups (broad SMARTS) is 2. The molecule has 3 saturated heterocycles. The monoisotopic (exact) mass is 1270 g/mol. The highest BCUT2D eigenvalue weighted by atomic mass is 33.1. The third kappa shape index (κ3) is 43.3. The number of esters is 3. The Hall–Kier alpha value is -2.09. The number of amides is 4. The topological polar surface area (TPSA) is 348 Å². The van der Waals surface area contributed by atoms with Crippen molar-refractivity contribution in [3.8, 4) is 0 Å². The summed E-state index contributed by atoms with van der Waals surface area (Å²) in [4.78, 5) is 101.